The van der Waals surface area contributed by atoms with Gasteiger partial charge in [0.05, 0.1) is 6.33 Å². The Labute approximate surface area is 156 Å². The van der Waals surface area contributed by atoms with Gasteiger partial charge in [-0.15, -0.1) is 0 Å². The van der Waals surface area contributed by atoms with Gasteiger partial charge in [0.1, 0.15) is 0 Å². The minimum atomic E-state index is -0.202. The van der Waals surface area contributed by atoms with Gasteiger partial charge in [-0.25, -0.2) is 9.78 Å². The summed E-state index contributed by atoms with van der Waals surface area (Å²) < 4.78 is 1.87. The zero-order chi connectivity index (χ0) is 18.6. The summed E-state index contributed by atoms with van der Waals surface area (Å²) in [6.45, 7) is 0. The highest BCUT2D eigenvalue weighted by Crippen LogP contribution is 2.19. The number of hydrogen-bond acceptors (Lipinski definition) is 3. The Morgan fingerprint density at radius 1 is 0.926 bits per heavy atom. The number of nitrogens with zero attached hydrogens (tertiary/aromatic N) is 2. The number of rotatable bonds is 5. The third-order valence-corrected chi connectivity index (χ3v) is 4.25. The van der Waals surface area contributed by atoms with Crippen molar-refractivity contribution >= 4 is 23.3 Å². The molecule has 4 rings (SSSR count). The van der Waals surface area contributed by atoms with Crippen LogP contribution < -0.4 is 16.0 Å². The monoisotopic (exact) mass is 361 g/mol. The summed E-state index contributed by atoms with van der Waals surface area (Å²) in [5.74, 6) is -0.195. The average Bonchev–Trinajstić information content (AvgIpc) is 3.32. The number of nitrogens with one attached hydrogen (secondary N) is 3. The quantitative estimate of drug-likeness (QED) is 0.651. The molecule has 1 aromatic heterocycles. The van der Waals surface area contributed by atoms with Crippen molar-refractivity contribution < 1.29 is 9.59 Å². The van der Waals surface area contributed by atoms with E-state index >= 15 is 0 Å². The first-order valence-corrected chi connectivity index (χ1v) is 8.75. The lowest BCUT2D eigenvalue weighted by Crippen LogP contribution is -2.30. The molecule has 0 spiro atoms. The number of hydrogen-bond donors (Lipinski definition) is 3. The van der Waals surface area contributed by atoms with Gasteiger partial charge in [0, 0.05) is 41.1 Å². The van der Waals surface area contributed by atoms with Gasteiger partial charge >= 0.3 is 6.03 Å². The number of amides is 3. The molecule has 0 unspecified atom stereocenters. The minimum absolute atomic E-state index is 0.195. The van der Waals surface area contributed by atoms with E-state index < -0.39 is 0 Å². The van der Waals surface area contributed by atoms with Crippen LogP contribution in [0.25, 0.3) is 5.69 Å². The van der Waals surface area contributed by atoms with Crippen molar-refractivity contribution in [1.82, 2.24) is 14.9 Å². The van der Waals surface area contributed by atoms with Crippen LogP contribution in [0, 0.1) is 0 Å². The molecule has 2 aromatic carbocycles. The molecule has 27 heavy (non-hydrogen) atoms. The van der Waals surface area contributed by atoms with Crippen LogP contribution in [0.5, 0.6) is 0 Å². The van der Waals surface area contributed by atoms with Gasteiger partial charge in [-0.3, -0.25) is 4.79 Å². The van der Waals surface area contributed by atoms with Gasteiger partial charge in [0.25, 0.3) is 5.91 Å². The molecule has 1 saturated carbocycles. The van der Waals surface area contributed by atoms with Crippen LogP contribution in [-0.4, -0.2) is 27.5 Å². The molecule has 3 aromatic rings. The molecular formula is C20H19N5O2. The fourth-order valence-corrected chi connectivity index (χ4v) is 2.62. The second kappa shape index (κ2) is 7.33. The molecule has 3 N–H and O–H groups in total. The van der Waals surface area contributed by atoms with E-state index in [-0.39, 0.29) is 11.9 Å². The molecule has 1 aliphatic rings. The molecule has 0 aliphatic heterocycles. The molecule has 0 atom stereocenters. The lowest BCUT2D eigenvalue weighted by Gasteiger charge is -2.09. The lowest BCUT2D eigenvalue weighted by atomic mass is 10.2. The number of benzene rings is 2. The Balaban J connectivity index is 1.35. The van der Waals surface area contributed by atoms with Crippen molar-refractivity contribution in [2.75, 3.05) is 10.6 Å². The molecule has 1 fully saturated rings. The summed E-state index contributed by atoms with van der Waals surface area (Å²) in [6.07, 6.45) is 7.34. The molecule has 7 nitrogen and oxygen atoms in total. The highest BCUT2D eigenvalue weighted by Gasteiger charge is 2.23. The van der Waals surface area contributed by atoms with E-state index in [4.69, 9.17) is 0 Å². The second-order valence-electron chi connectivity index (χ2n) is 6.42. The lowest BCUT2D eigenvalue weighted by molar-refractivity contribution is 0.102. The Morgan fingerprint density at radius 2 is 1.59 bits per heavy atom. The van der Waals surface area contributed by atoms with E-state index in [9.17, 15) is 9.59 Å². The Hall–Kier alpha value is -3.61. The Bertz CT molecular complexity index is 930. The van der Waals surface area contributed by atoms with Crippen LogP contribution in [-0.2, 0) is 0 Å². The van der Waals surface area contributed by atoms with Crippen molar-refractivity contribution in [2.45, 2.75) is 18.9 Å². The minimum Gasteiger partial charge on any atom is -0.335 e. The maximum atomic E-state index is 12.4. The fraction of sp³-hybridized carbons (Fsp3) is 0.150. The first-order valence-electron chi connectivity index (χ1n) is 8.75. The fourth-order valence-electron chi connectivity index (χ4n) is 2.62. The van der Waals surface area contributed by atoms with Gasteiger partial charge < -0.3 is 20.5 Å². The molecule has 0 radical (unpaired) electrons. The van der Waals surface area contributed by atoms with E-state index in [1.807, 2.05) is 22.9 Å². The van der Waals surface area contributed by atoms with Crippen molar-refractivity contribution in [1.29, 1.82) is 0 Å². The van der Waals surface area contributed by atoms with Crippen LogP contribution in [0.4, 0.5) is 16.2 Å². The molecule has 0 bridgehead atoms. The number of aromatic nitrogens is 2. The predicted molar refractivity (Wildman–Crippen MR) is 103 cm³/mol. The smallest absolute Gasteiger partial charge is 0.319 e. The van der Waals surface area contributed by atoms with Gasteiger partial charge in [0.15, 0.2) is 0 Å². The SMILES string of the molecule is O=C(Nc1ccc(NC(=O)c2ccc(-n3ccnc3)cc2)cc1)NC1CC1. The normalized spacial score (nSPS) is 13.0. The Kier molecular flexibility index (Phi) is 4.57. The van der Waals surface area contributed by atoms with Crippen molar-refractivity contribution in [3.8, 4) is 5.69 Å². The zero-order valence-corrected chi connectivity index (χ0v) is 14.6. The molecular weight excluding hydrogens is 342 g/mol. The maximum Gasteiger partial charge on any atom is 0.319 e. The van der Waals surface area contributed by atoms with Gasteiger partial charge in [0.2, 0.25) is 0 Å². The number of imidazole rings is 1. The van der Waals surface area contributed by atoms with E-state index in [1.165, 1.54) is 0 Å². The zero-order valence-electron chi connectivity index (χ0n) is 14.6. The number of carbonyl (C=O) groups is 2. The van der Waals surface area contributed by atoms with Gasteiger partial charge in [-0.05, 0) is 61.4 Å². The number of anilines is 2. The summed E-state index contributed by atoms with van der Waals surface area (Å²) in [5.41, 5.74) is 2.83. The highest BCUT2D eigenvalue weighted by atomic mass is 16.2. The highest BCUT2D eigenvalue weighted by molar-refractivity contribution is 6.04. The van der Waals surface area contributed by atoms with E-state index in [1.54, 1.807) is 48.9 Å². The predicted octanol–water partition coefficient (Wildman–Crippen LogP) is 3.41. The van der Waals surface area contributed by atoms with Crippen LogP contribution in [0.1, 0.15) is 23.2 Å². The summed E-state index contributed by atoms with van der Waals surface area (Å²) in [4.78, 5) is 28.1. The van der Waals surface area contributed by atoms with Crippen molar-refractivity contribution in [3.05, 3.63) is 72.8 Å². The van der Waals surface area contributed by atoms with Gasteiger partial charge in [-0.1, -0.05) is 0 Å². The first kappa shape index (κ1) is 16.8. The third kappa shape index (κ3) is 4.33. The summed E-state index contributed by atoms with van der Waals surface area (Å²) in [7, 11) is 0. The first-order chi connectivity index (χ1) is 13.2. The molecule has 1 heterocycles. The Morgan fingerprint density at radius 3 is 2.19 bits per heavy atom. The molecule has 7 heteroatoms. The van der Waals surface area contributed by atoms with E-state index in [0.717, 1.165) is 18.5 Å². The summed E-state index contributed by atoms with van der Waals surface area (Å²) in [5, 5.41) is 8.48. The maximum absolute atomic E-state index is 12.4. The van der Waals surface area contributed by atoms with E-state index in [0.29, 0.717) is 23.0 Å². The average molecular weight is 361 g/mol. The molecule has 136 valence electrons. The topological polar surface area (TPSA) is 88.1 Å². The van der Waals surface area contributed by atoms with Gasteiger partial charge in [-0.2, -0.15) is 0 Å². The van der Waals surface area contributed by atoms with Crippen LogP contribution in [0.15, 0.2) is 67.3 Å². The van der Waals surface area contributed by atoms with Crippen molar-refractivity contribution in [2.24, 2.45) is 0 Å². The number of carbonyl (C=O) groups excluding carboxylic acids is 2. The largest absolute Gasteiger partial charge is 0.335 e. The standard InChI is InChI=1S/C20H19N5O2/c26-19(14-1-9-18(10-2-14)25-12-11-21-13-25)22-15-3-5-16(6-4-15)23-20(27)24-17-7-8-17/h1-6,9-13,17H,7-8H2,(H,22,26)(H2,23,24,27). The van der Waals surface area contributed by atoms with Crippen LogP contribution in [0.3, 0.4) is 0 Å². The molecule has 3 amide bonds. The summed E-state index contributed by atoms with van der Waals surface area (Å²) >= 11 is 0. The van der Waals surface area contributed by atoms with Crippen LogP contribution in [0.2, 0.25) is 0 Å². The number of urea groups is 1. The van der Waals surface area contributed by atoms with E-state index in [2.05, 4.69) is 20.9 Å². The molecule has 0 saturated heterocycles. The van der Waals surface area contributed by atoms with Crippen LogP contribution >= 0.6 is 0 Å². The molecule has 1 aliphatic carbocycles. The van der Waals surface area contributed by atoms with Crippen molar-refractivity contribution in [3.63, 3.8) is 0 Å². The summed E-state index contributed by atoms with van der Waals surface area (Å²) in [6, 6.07) is 14.4. The second-order valence-corrected chi connectivity index (χ2v) is 6.42. The third-order valence-electron chi connectivity index (χ3n) is 4.25.